The zero-order valence-corrected chi connectivity index (χ0v) is 11.0. The minimum Gasteiger partial charge on any atom is -0.496 e. The highest BCUT2D eigenvalue weighted by molar-refractivity contribution is 9.10. The van der Waals surface area contributed by atoms with Crippen molar-refractivity contribution in [3.8, 4) is 5.75 Å². The van der Waals surface area contributed by atoms with E-state index < -0.39 is 11.6 Å². The summed E-state index contributed by atoms with van der Waals surface area (Å²) in [6, 6.07) is 5.53. The molecular formula is C12H13BrO4. The SMILES string of the molecule is COc1ccc(C2(CC(=O)O)CCO2)cc1Br. The molecular weight excluding hydrogens is 288 g/mol. The van der Waals surface area contributed by atoms with Crippen LogP contribution in [0.2, 0.25) is 0 Å². The van der Waals surface area contributed by atoms with Gasteiger partial charge in [0.15, 0.2) is 0 Å². The largest absolute Gasteiger partial charge is 0.496 e. The molecule has 0 bridgehead atoms. The standard InChI is InChI=1S/C12H13BrO4/c1-16-10-3-2-8(6-9(10)13)12(4-5-17-12)7-11(14)15/h2-3,6H,4-5,7H2,1H3,(H,14,15). The van der Waals surface area contributed by atoms with Gasteiger partial charge in [-0.3, -0.25) is 4.79 Å². The van der Waals surface area contributed by atoms with Crippen molar-refractivity contribution < 1.29 is 19.4 Å². The van der Waals surface area contributed by atoms with E-state index in [4.69, 9.17) is 14.6 Å². The fourth-order valence-corrected chi connectivity index (χ4v) is 2.55. The molecule has 4 nitrogen and oxygen atoms in total. The monoisotopic (exact) mass is 300 g/mol. The number of carboxylic acid groups (broad SMARTS) is 1. The molecule has 1 fully saturated rings. The van der Waals surface area contributed by atoms with Gasteiger partial charge in [-0.05, 0) is 33.6 Å². The molecule has 0 saturated carbocycles. The Bertz CT molecular complexity index is 440. The topological polar surface area (TPSA) is 55.8 Å². The Morgan fingerprint density at radius 2 is 2.35 bits per heavy atom. The highest BCUT2D eigenvalue weighted by Crippen LogP contribution is 2.42. The van der Waals surface area contributed by atoms with Crippen molar-refractivity contribution in [1.82, 2.24) is 0 Å². The van der Waals surface area contributed by atoms with Crippen LogP contribution in [0.4, 0.5) is 0 Å². The van der Waals surface area contributed by atoms with Crippen molar-refractivity contribution in [1.29, 1.82) is 0 Å². The second-order valence-electron chi connectivity index (χ2n) is 4.01. The molecule has 1 unspecified atom stereocenters. The number of benzene rings is 1. The number of hydrogen-bond acceptors (Lipinski definition) is 3. The molecule has 1 aliphatic rings. The van der Waals surface area contributed by atoms with E-state index in [-0.39, 0.29) is 6.42 Å². The van der Waals surface area contributed by atoms with Crippen LogP contribution in [-0.2, 0) is 15.1 Å². The number of methoxy groups -OCH3 is 1. The summed E-state index contributed by atoms with van der Waals surface area (Å²) in [4.78, 5) is 10.9. The van der Waals surface area contributed by atoms with Crippen molar-refractivity contribution in [3.05, 3.63) is 28.2 Å². The molecule has 17 heavy (non-hydrogen) atoms. The summed E-state index contributed by atoms with van der Waals surface area (Å²) < 4.78 is 11.4. The number of rotatable bonds is 4. The third kappa shape index (κ3) is 2.30. The normalized spacial score (nSPS) is 22.9. The predicted molar refractivity (Wildman–Crippen MR) is 65.2 cm³/mol. The Kier molecular flexibility index (Phi) is 3.40. The van der Waals surface area contributed by atoms with E-state index in [9.17, 15) is 4.79 Å². The van der Waals surface area contributed by atoms with Gasteiger partial charge < -0.3 is 14.6 Å². The van der Waals surface area contributed by atoms with E-state index >= 15 is 0 Å². The molecule has 1 saturated heterocycles. The molecule has 5 heteroatoms. The average Bonchev–Trinajstić information content (AvgIpc) is 2.23. The van der Waals surface area contributed by atoms with E-state index in [1.807, 2.05) is 18.2 Å². The third-order valence-electron chi connectivity index (χ3n) is 3.00. The van der Waals surface area contributed by atoms with Gasteiger partial charge in [0.2, 0.25) is 0 Å². The molecule has 2 rings (SSSR count). The molecule has 1 aromatic carbocycles. The van der Waals surface area contributed by atoms with Gasteiger partial charge in [-0.25, -0.2) is 0 Å². The Labute approximate surface area is 108 Å². The van der Waals surface area contributed by atoms with Crippen LogP contribution in [0.3, 0.4) is 0 Å². The number of halogens is 1. The number of hydrogen-bond donors (Lipinski definition) is 1. The summed E-state index contributed by atoms with van der Waals surface area (Å²) >= 11 is 3.39. The maximum absolute atomic E-state index is 10.9. The van der Waals surface area contributed by atoms with Gasteiger partial charge in [0.05, 0.1) is 24.6 Å². The Morgan fingerprint density at radius 3 is 2.76 bits per heavy atom. The van der Waals surface area contributed by atoms with Crippen molar-refractivity contribution in [2.75, 3.05) is 13.7 Å². The molecule has 1 N–H and O–H groups in total. The quantitative estimate of drug-likeness (QED) is 0.928. The van der Waals surface area contributed by atoms with Crippen LogP contribution < -0.4 is 4.74 Å². The molecule has 0 aliphatic carbocycles. The van der Waals surface area contributed by atoms with Crippen molar-refractivity contribution in [3.63, 3.8) is 0 Å². The first kappa shape index (κ1) is 12.4. The van der Waals surface area contributed by atoms with Gasteiger partial charge >= 0.3 is 5.97 Å². The average molecular weight is 301 g/mol. The number of ether oxygens (including phenoxy) is 2. The highest BCUT2D eigenvalue weighted by atomic mass is 79.9. The summed E-state index contributed by atoms with van der Waals surface area (Å²) in [6.45, 7) is 0.608. The van der Waals surface area contributed by atoms with E-state index in [1.54, 1.807) is 7.11 Å². The third-order valence-corrected chi connectivity index (χ3v) is 3.62. The van der Waals surface area contributed by atoms with Crippen LogP contribution in [0.5, 0.6) is 5.75 Å². The summed E-state index contributed by atoms with van der Waals surface area (Å²) in [5.74, 6) is -0.129. The van der Waals surface area contributed by atoms with Gasteiger partial charge in [0, 0.05) is 6.42 Å². The Morgan fingerprint density at radius 1 is 1.65 bits per heavy atom. The highest BCUT2D eigenvalue weighted by Gasteiger charge is 2.42. The summed E-state index contributed by atoms with van der Waals surface area (Å²) in [7, 11) is 1.59. The lowest BCUT2D eigenvalue weighted by atomic mass is 9.83. The lowest BCUT2D eigenvalue weighted by molar-refractivity contribution is -0.176. The number of carbonyl (C=O) groups is 1. The fraction of sp³-hybridized carbons (Fsp3) is 0.417. The zero-order valence-electron chi connectivity index (χ0n) is 9.40. The van der Waals surface area contributed by atoms with Crippen LogP contribution >= 0.6 is 15.9 Å². The molecule has 92 valence electrons. The molecule has 1 heterocycles. The molecule has 1 aromatic rings. The Hall–Kier alpha value is -1.07. The van der Waals surface area contributed by atoms with E-state index in [0.717, 1.165) is 22.2 Å². The van der Waals surface area contributed by atoms with Gasteiger partial charge in [-0.2, -0.15) is 0 Å². The second-order valence-corrected chi connectivity index (χ2v) is 4.87. The fourth-order valence-electron chi connectivity index (χ4n) is 2.01. The zero-order chi connectivity index (χ0) is 12.5. The summed E-state index contributed by atoms with van der Waals surface area (Å²) in [5, 5.41) is 8.93. The van der Waals surface area contributed by atoms with E-state index in [1.165, 1.54) is 0 Å². The van der Waals surface area contributed by atoms with Crippen LogP contribution in [0.25, 0.3) is 0 Å². The molecule has 1 aliphatic heterocycles. The van der Waals surface area contributed by atoms with Crippen LogP contribution in [0, 0.1) is 0 Å². The molecule has 0 spiro atoms. The second kappa shape index (κ2) is 4.66. The lowest BCUT2D eigenvalue weighted by Crippen LogP contribution is -2.42. The van der Waals surface area contributed by atoms with E-state index in [2.05, 4.69) is 15.9 Å². The summed E-state index contributed by atoms with van der Waals surface area (Å²) in [5.41, 5.74) is 0.208. The number of carboxylic acids is 1. The molecule has 0 aromatic heterocycles. The first-order valence-corrected chi connectivity index (χ1v) is 6.06. The lowest BCUT2D eigenvalue weighted by Gasteiger charge is -2.41. The molecule has 0 radical (unpaired) electrons. The van der Waals surface area contributed by atoms with Crippen LogP contribution in [0.1, 0.15) is 18.4 Å². The van der Waals surface area contributed by atoms with Gasteiger partial charge in [-0.1, -0.05) is 6.07 Å². The maximum atomic E-state index is 10.9. The van der Waals surface area contributed by atoms with Gasteiger partial charge in [0.25, 0.3) is 0 Å². The smallest absolute Gasteiger partial charge is 0.306 e. The first-order chi connectivity index (χ1) is 8.07. The molecule has 1 atom stereocenters. The minimum absolute atomic E-state index is 0.00817. The number of aliphatic carboxylic acids is 1. The molecule has 0 amide bonds. The predicted octanol–water partition coefficient (Wildman–Crippen LogP) is 2.55. The van der Waals surface area contributed by atoms with E-state index in [0.29, 0.717) is 6.61 Å². The first-order valence-electron chi connectivity index (χ1n) is 5.27. The van der Waals surface area contributed by atoms with Gasteiger partial charge in [-0.15, -0.1) is 0 Å². The van der Waals surface area contributed by atoms with Crippen LogP contribution in [-0.4, -0.2) is 24.8 Å². The van der Waals surface area contributed by atoms with Crippen molar-refractivity contribution >= 4 is 21.9 Å². The summed E-state index contributed by atoms with van der Waals surface area (Å²) in [6.07, 6.45) is 0.726. The van der Waals surface area contributed by atoms with Crippen molar-refractivity contribution in [2.24, 2.45) is 0 Å². The minimum atomic E-state index is -0.850. The maximum Gasteiger partial charge on any atom is 0.306 e. The van der Waals surface area contributed by atoms with Crippen LogP contribution in [0.15, 0.2) is 22.7 Å². The Balaban J connectivity index is 2.31. The van der Waals surface area contributed by atoms with Gasteiger partial charge in [0.1, 0.15) is 11.4 Å². The van der Waals surface area contributed by atoms with Crippen molar-refractivity contribution in [2.45, 2.75) is 18.4 Å².